The number of benzene rings is 2. The maximum atomic E-state index is 13.2. The Morgan fingerprint density at radius 1 is 1.08 bits per heavy atom. The minimum Gasteiger partial charge on any atom is -0.460 e. The van der Waals surface area contributed by atoms with Crippen LogP contribution in [0, 0.1) is 12.8 Å². The summed E-state index contributed by atoms with van der Waals surface area (Å²) in [5.41, 5.74) is 5.98. The first-order valence-electron chi connectivity index (χ1n) is 13.2. The molecule has 0 aliphatic heterocycles. The molecule has 2 aromatic carbocycles. The van der Waals surface area contributed by atoms with E-state index in [1.54, 1.807) is 0 Å². The van der Waals surface area contributed by atoms with E-state index < -0.39 is 5.60 Å². The van der Waals surface area contributed by atoms with Crippen molar-refractivity contribution in [1.82, 2.24) is 10.3 Å². The molecule has 1 heterocycles. The van der Waals surface area contributed by atoms with Crippen LogP contribution in [0.15, 0.2) is 42.6 Å². The molecule has 1 unspecified atom stereocenters. The van der Waals surface area contributed by atoms with Crippen molar-refractivity contribution in [1.29, 1.82) is 0 Å². The molecule has 6 nitrogen and oxygen atoms in total. The second-order valence-corrected chi connectivity index (χ2v) is 11.7. The van der Waals surface area contributed by atoms with Gasteiger partial charge in [-0.2, -0.15) is 0 Å². The molecule has 3 rings (SSSR count). The summed E-state index contributed by atoms with van der Waals surface area (Å²) in [6.45, 7) is 12.1. The molecule has 3 aromatic rings. The number of H-pyrrole nitrogens is 1. The average Bonchev–Trinajstić information content (AvgIpc) is 3.18. The van der Waals surface area contributed by atoms with Gasteiger partial charge in [0.25, 0.3) is 0 Å². The smallest absolute Gasteiger partial charge is 0.306 e. The number of nitrogens with one attached hydrogen (secondary N) is 2. The normalized spacial score (nSPS) is 12.6. The van der Waals surface area contributed by atoms with Crippen molar-refractivity contribution in [3.05, 3.63) is 64.8 Å². The van der Waals surface area contributed by atoms with Gasteiger partial charge in [-0.15, -0.1) is 0 Å². The van der Waals surface area contributed by atoms with Gasteiger partial charge >= 0.3 is 5.97 Å². The van der Waals surface area contributed by atoms with Crippen LogP contribution in [-0.4, -0.2) is 36.6 Å². The van der Waals surface area contributed by atoms with E-state index in [-0.39, 0.29) is 17.9 Å². The summed E-state index contributed by atoms with van der Waals surface area (Å²) in [5.74, 6) is 0.230. The van der Waals surface area contributed by atoms with Gasteiger partial charge in [0, 0.05) is 43.3 Å². The maximum Gasteiger partial charge on any atom is 0.306 e. The van der Waals surface area contributed by atoms with E-state index in [0.29, 0.717) is 25.2 Å². The molecule has 1 amide bonds. The van der Waals surface area contributed by atoms with Crippen LogP contribution in [-0.2, 0) is 27.2 Å². The largest absolute Gasteiger partial charge is 0.460 e. The summed E-state index contributed by atoms with van der Waals surface area (Å²) < 4.78 is 5.45. The zero-order valence-corrected chi connectivity index (χ0v) is 23.7. The number of aryl methyl sites for hydroxylation is 2. The van der Waals surface area contributed by atoms with Crippen molar-refractivity contribution in [3.8, 4) is 0 Å². The van der Waals surface area contributed by atoms with Gasteiger partial charge in [-0.1, -0.05) is 32.0 Å². The Balaban J connectivity index is 1.75. The van der Waals surface area contributed by atoms with Gasteiger partial charge in [-0.05, 0) is 86.9 Å². The van der Waals surface area contributed by atoms with E-state index in [4.69, 9.17) is 4.74 Å². The van der Waals surface area contributed by atoms with Gasteiger partial charge in [0.05, 0.1) is 12.5 Å². The third-order valence-electron chi connectivity index (χ3n) is 6.30. The van der Waals surface area contributed by atoms with Crippen LogP contribution < -0.4 is 10.2 Å². The number of carbonyl (C=O) groups excluding carboxylic acids is 2. The van der Waals surface area contributed by atoms with Crippen molar-refractivity contribution < 1.29 is 14.3 Å². The summed E-state index contributed by atoms with van der Waals surface area (Å²) in [4.78, 5) is 30.8. The fraction of sp³-hybridized carbons (Fsp3) is 0.484. The lowest BCUT2D eigenvalue weighted by Crippen LogP contribution is -2.31. The first kappa shape index (κ1) is 28.3. The van der Waals surface area contributed by atoms with Gasteiger partial charge in [0.15, 0.2) is 0 Å². The Kier molecular flexibility index (Phi) is 9.06. The van der Waals surface area contributed by atoms with Gasteiger partial charge in [0.1, 0.15) is 5.60 Å². The minimum absolute atomic E-state index is 0.00104. The predicted molar refractivity (Wildman–Crippen MR) is 152 cm³/mol. The van der Waals surface area contributed by atoms with Crippen molar-refractivity contribution in [2.75, 3.05) is 19.0 Å². The molecular weight excluding hydrogens is 462 g/mol. The lowest BCUT2D eigenvalue weighted by atomic mass is 9.94. The van der Waals surface area contributed by atoms with E-state index in [2.05, 4.69) is 60.2 Å². The summed E-state index contributed by atoms with van der Waals surface area (Å²) in [6, 6.07) is 12.4. The molecule has 0 bridgehead atoms. The number of amides is 1. The second kappa shape index (κ2) is 11.8. The molecule has 0 aliphatic rings. The van der Waals surface area contributed by atoms with Gasteiger partial charge < -0.3 is 19.9 Å². The van der Waals surface area contributed by atoms with Crippen LogP contribution in [0.1, 0.15) is 75.8 Å². The minimum atomic E-state index is -0.489. The first-order chi connectivity index (χ1) is 17.3. The molecule has 2 N–H and O–H groups in total. The van der Waals surface area contributed by atoms with E-state index in [1.165, 1.54) is 5.56 Å². The Labute approximate surface area is 221 Å². The molecule has 0 saturated heterocycles. The number of rotatable bonds is 10. The quantitative estimate of drug-likeness (QED) is 0.319. The van der Waals surface area contributed by atoms with E-state index in [9.17, 15) is 9.59 Å². The number of fused-ring (bicyclic) bond motifs is 1. The highest BCUT2D eigenvalue weighted by Crippen LogP contribution is 2.31. The van der Waals surface area contributed by atoms with Gasteiger partial charge in [-0.25, -0.2) is 0 Å². The Morgan fingerprint density at radius 3 is 2.46 bits per heavy atom. The van der Waals surface area contributed by atoms with Crippen molar-refractivity contribution >= 4 is 28.5 Å². The van der Waals surface area contributed by atoms with Gasteiger partial charge in [-0.3, -0.25) is 9.59 Å². The molecule has 0 spiro atoms. The molecule has 0 saturated carbocycles. The van der Waals surface area contributed by atoms with E-state index in [0.717, 1.165) is 39.7 Å². The number of hydrogen-bond donors (Lipinski definition) is 2. The number of aromatic nitrogens is 1. The molecule has 37 heavy (non-hydrogen) atoms. The predicted octanol–water partition coefficient (Wildman–Crippen LogP) is 6.26. The second-order valence-electron chi connectivity index (χ2n) is 11.7. The fourth-order valence-corrected chi connectivity index (χ4v) is 4.67. The highest BCUT2D eigenvalue weighted by atomic mass is 16.6. The molecule has 6 heteroatoms. The van der Waals surface area contributed by atoms with Crippen molar-refractivity contribution in [2.45, 2.75) is 78.9 Å². The van der Waals surface area contributed by atoms with Crippen LogP contribution in [0.25, 0.3) is 10.9 Å². The number of hydrogen-bond acceptors (Lipinski definition) is 4. The monoisotopic (exact) mass is 505 g/mol. The molecular formula is C31H43N3O3. The SMILES string of the molecule is Cc1ccc(C(CC(C)C)NC(=O)Cc2ccc3[nH]cc(CCC(=O)OC(C)(C)C)c3c2)c(N(C)C)c1. The number of aromatic amines is 1. The summed E-state index contributed by atoms with van der Waals surface area (Å²) in [7, 11) is 4.08. The number of esters is 1. The zero-order chi connectivity index (χ0) is 27.3. The highest BCUT2D eigenvalue weighted by Gasteiger charge is 2.21. The third kappa shape index (κ3) is 8.11. The maximum absolute atomic E-state index is 13.2. The number of anilines is 1. The first-order valence-corrected chi connectivity index (χ1v) is 13.2. The Hall–Kier alpha value is -3.28. The molecule has 200 valence electrons. The van der Waals surface area contributed by atoms with Crippen LogP contribution in [0.4, 0.5) is 5.69 Å². The van der Waals surface area contributed by atoms with E-state index >= 15 is 0 Å². The van der Waals surface area contributed by atoms with Crippen LogP contribution in [0.3, 0.4) is 0 Å². The average molecular weight is 506 g/mol. The Morgan fingerprint density at radius 2 is 1.81 bits per heavy atom. The van der Waals surface area contributed by atoms with Crippen molar-refractivity contribution in [3.63, 3.8) is 0 Å². The summed E-state index contributed by atoms with van der Waals surface area (Å²) >= 11 is 0. The standard InChI is InChI=1S/C31H43N3O3/c1-20(2)15-27(24-12-9-21(3)16-28(24)34(7)8)33-29(35)18-22-10-13-26-25(17-22)23(19-32-26)11-14-30(36)37-31(4,5)6/h9-10,12-13,16-17,19-20,27,32H,11,14-15,18H2,1-8H3,(H,33,35). The number of carbonyl (C=O) groups is 2. The molecule has 0 radical (unpaired) electrons. The fourth-order valence-electron chi connectivity index (χ4n) is 4.67. The molecule has 0 fully saturated rings. The lowest BCUT2D eigenvalue weighted by Gasteiger charge is -2.27. The summed E-state index contributed by atoms with van der Waals surface area (Å²) in [5, 5.41) is 4.35. The van der Waals surface area contributed by atoms with Crippen molar-refractivity contribution in [2.24, 2.45) is 5.92 Å². The van der Waals surface area contributed by atoms with E-state index in [1.807, 2.05) is 53.2 Å². The highest BCUT2D eigenvalue weighted by molar-refractivity contribution is 5.86. The van der Waals surface area contributed by atoms with Crippen LogP contribution >= 0.6 is 0 Å². The number of nitrogens with zero attached hydrogens (tertiary/aromatic N) is 1. The molecule has 1 atom stereocenters. The lowest BCUT2D eigenvalue weighted by molar-refractivity contribution is -0.154. The van der Waals surface area contributed by atoms with Crippen LogP contribution in [0.5, 0.6) is 0 Å². The third-order valence-corrected chi connectivity index (χ3v) is 6.30. The number of ether oxygens (including phenoxy) is 1. The van der Waals surface area contributed by atoms with Gasteiger partial charge in [0.2, 0.25) is 5.91 Å². The topological polar surface area (TPSA) is 74.4 Å². The van der Waals surface area contributed by atoms with Crippen LogP contribution in [0.2, 0.25) is 0 Å². The molecule has 1 aromatic heterocycles. The summed E-state index contributed by atoms with van der Waals surface area (Å²) in [6.07, 6.45) is 4.00. The Bertz CT molecular complexity index is 1230. The molecule has 0 aliphatic carbocycles. The zero-order valence-electron chi connectivity index (χ0n) is 23.7.